The molecule has 41 heavy (non-hydrogen) atoms. The summed E-state index contributed by atoms with van der Waals surface area (Å²) in [5.74, 6) is -0.794. The second-order valence-corrected chi connectivity index (χ2v) is 11.4. The van der Waals surface area contributed by atoms with Crippen LogP contribution >= 0.6 is 0 Å². The maximum absolute atomic E-state index is 14.5. The number of rotatable bonds is 6. The van der Waals surface area contributed by atoms with E-state index in [4.69, 9.17) is 11.5 Å². The molecule has 0 amide bonds. The third-order valence-electron chi connectivity index (χ3n) is 6.63. The van der Waals surface area contributed by atoms with Gasteiger partial charge in [-0.05, 0) is 47.9 Å². The smallest absolute Gasteiger partial charge is 0.263 e. The van der Waals surface area contributed by atoms with Crippen LogP contribution < -0.4 is 22.3 Å². The first-order valence-corrected chi connectivity index (χ1v) is 14.2. The lowest BCUT2D eigenvalue weighted by Crippen LogP contribution is -2.23. The molecule has 10 nitrogen and oxygen atoms in total. The standard InChI is InChI=1S/C29H24FN7O3S/c1-16(34-27-21(14-31)26(32)35-29(33)36-27)23-24(18-8-11-20(12-9-18)41(2,39)40)22-13-10-19(30)15-37(22)28(38)25(23)17-6-4-3-5-7-17/h3-13,15-16H,1-2H3,(H5,32,33,34,35,36)/t16-/m0/s1. The predicted octanol–water partition coefficient (Wildman–Crippen LogP) is 4.18. The lowest BCUT2D eigenvalue weighted by molar-refractivity contribution is 0.602. The number of benzene rings is 2. The zero-order chi connectivity index (χ0) is 29.5. The van der Waals surface area contributed by atoms with Gasteiger partial charge >= 0.3 is 0 Å². The molecule has 0 saturated heterocycles. The van der Waals surface area contributed by atoms with Crippen LogP contribution in [0.5, 0.6) is 0 Å². The van der Waals surface area contributed by atoms with Crippen LogP contribution in [0.3, 0.4) is 0 Å². The molecule has 0 fully saturated rings. The molecule has 12 heteroatoms. The number of aromatic nitrogens is 3. The number of nitrogens with one attached hydrogen (secondary N) is 1. The molecule has 206 valence electrons. The van der Waals surface area contributed by atoms with Gasteiger partial charge < -0.3 is 16.8 Å². The molecule has 5 rings (SSSR count). The van der Waals surface area contributed by atoms with Gasteiger partial charge in [0.25, 0.3) is 5.56 Å². The van der Waals surface area contributed by atoms with Crippen molar-refractivity contribution in [1.29, 1.82) is 5.26 Å². The average Bonchev–Trinajstić information content (AvgIpc) is 2.93. The number of nitriles is 1. The van der Waals surface area contributed by atoms with Crippen LogP contribution in [-0.2, 0) is 9.84 Å². The van der Waals surface area contributed by atoms with Crippen LogP contribution in [0.1, 0.15) is 24.1 Å². The van der Waals surface area contributed by atoms with Gasteiger partial charge in [-0.1, -0.05) is 42.5 Å². The summed E-state index contributed by atoms with van der Waals surface area (Å²) in [4.78, 5) is 22.2. The zero-order valence-electron chi connectivity index (χ0n) is 22.0. The first kappa shape index (κ1) is 27.3. The summed E-state index contributed by atoms with van der Waals surface area (Å²) in [6.45, 7) is 1.77. The lowest BCUT2D eigenvalue weighted by Gasteiger charge is -2.25. The fraction of sp³-hybridized carbons (Fsp3) is 0.103. The van der Waals surface area contributed by atoms with Crippen molar-refractivity contribution in [3.63, 3.8) is 0 Å². The average molecular weight is 570 g/mol. The first-order valence-electron chi connectivity index (χ1n) is 12.3. The fourth-order valence-electron chi connectivity index (χ4n) is 4.82. The molecular formula is C29H24FN7O3S. The van der Waals surface area contributed by atoms with E-state index in [1.54, 1.807) is 49.4 Å². The number of hydrogen-bond acceptors (Lipinski definition) is 9. The summed E-state index contributed by atoms with van der Waals surface area (Å²) in [6, 6.07) is 19.1. The van der Waals surface area contributed by atoms with E-state index < -0.39 is 27.3 Å². The van der Waals surface area contributed by atoms with Crippen LogP contribution in [0.15, 0.2) is 82.6 Å². The van der Waals surface area contributed by atoms with E-state index >= 15 is 0 Å². The van der Waals surface area contributed by atoms with Crippen molar-refractivity contribution in [1.82, 2.24) is 14.4 Å². The number of fused-ring (bicyclic) bond motifs is 1. The Balaban J connectivity index is 1.88. The van der Waals surface area contributed by atoms with Crippen molar-refractivity contribution >= 4 is 32.9 Å². The molecule has 3 aromatic heterocycles. The Morgan fingerprint density at radius 1 is 0.976 bits per heavy atom. The van der Waals surface area contributed by atoms with Gasteiger partial charge in [0, 0.05) is 18.0 Å². The van der Waals surface area contributed by atoms with E-state index in [1.807, 2.05) is 6.07 Å². The largest absolute Gasteiger partial charge is 0.382 e. The van der Waals surface area contributed by atoms with Gasteiger partial charge in [0.1, 0.15) is 23.3 Å². The minimum atomic E-state index is -3.48. The van der Waals surface area contributed by atoms with Gasteiger partial charge in [-0.2, -0.15) is 15.2 Å². The molecule has 5 aromatic rings. The van der Waals surface area contributed by atoms with E-state index in [-0.39, 0.29) is 33.6 Å². The highest BCUT2D eigenvalue weighted by Gasteiger charge is 2.26. The highest BCUT2D eigenvalue weighted by atomic mass is 32.2. The quantitative estimate of drug-likeness (QED) is 0.272. The van der Waals surface area contributed by atoms with Gasteiger partial charge in [-0.3, -0.25) is 9.20 Å². The number of nitrogen functional groups attached to an aromatic ring is 2. The highest BCUT2D eigenvalue weighted by Crippen LogP contribution is 2.39. The third kappa shape index (κ3) is 5.06. The number of hydrogen-bond donors (Lipinski definition) is 3. The van der Waals surface area contributed by atoms with Crippen molar-refractivity contribution in [3.8, 4) is 28.3 Å². The van der Waals surface area contributed by atoms with Crippen molar-refractivity contribution in [3.05, 3.63) is 100 Å². The third-order valence-corrected chi connectivity index (χ3v) is 7.75. The molecule has 3 heterocycles. The summed E-state index contributed by atoms with van der Waals surface area (Å²) in [5.41, 5.74) is 14.1. The van der Waals surface area contributed by atoms with Crippen molar-refractivity contribution in [2.75, 3.05) is 23.0 Å². The van der Waals surface area contributed by atoms with Gasteiger partial charge in [0.05, 0.1) is 22.0 Å². The Bertz CT molecular complexity index is 2020. The Kier molecular flexibility index (Phi) is 6.90. The molecule has 1 atom stereocenters. The lowest BCUT2D eigenvalue weighted by atomic mass is 9.88. The summed E-state index contributed by atoms with van der Waals surface area (Å²) in [5, 5.41) is 12.9. The maximum Gasteiger partial charge on any atom is 0.263 e. The minimum absolute atomic E-state index is 0.0223. The van der Waals surface area contributed by atoms with Crippen LogP contribution in [0.2, 0.25) is 0 Å². The minimum Gasteiger partial charge on any atom is -0.382 e. The number of sulfone groups is 1. The Morgan fingerprint density at radius 3 is 2.27 bits per heavy atom. The SMILES string of the molecule is C[C@H](Nc1nc(N)nc(N)c1C#N)c1c(-c2ccccc2)c(=O)n2cc(F)ccc2c1-c1ccc(S(C)(=O)=O)cc1. The number of nitrogens with zero attached hydrogens (tertiary/aromatic N) is 4. The molecule has 0 saturated carbocycles. The number of anilines is 3. The van der Waals surface area contributed by atoms with Crippen molar-refractivity contribution < 1.29 is 12.8 Å². The van der Waals surface area contributed by atoms with Crippen LogP contribution in [0, 0.1) is 17.1 Å². The van der Waals surface area contributed by atoms with E-state index in [9.17, 15) is 22.9 Å². The molecule has 0 spiro atoms. The Labute approximate surface area is 234 Å². The number of pyridine rings is 2. The van der Waals surface area contributed by atoms with E-state index in [2.05, 4.69) is 15.3 Å². The predicted molar refractivity (Wildman–Crippen MR) is 155 cm³/mol. The molecule has 5 N–H and O–H groups in total. The fourth-order valence-corrected chi connectivity index (χ4v) is 5.45. The molecule has 0 radical (unpaired) electrons. The van der Waals surface area contributed by atoms with Gasteiger partial charge in [-0.15, -0.1) is 0 Å². The summed E-state index contributed by atoms with van der Waals surface area (Å²) in [7, 11) is -3.48. The van der Waals surface area contributed by atoms with Crippen LogP contribution in [0.25, 0.3) is 27.8 Å². The summed E-state index contributed by atoms with van der Waals surface area (Å²) >= 11 is 0. The molecule has 0 unspecified atom stereocenters. The van der Waals surface area contributed by atoms with Gasteiger partial charge in [-0.25, -0.2) is 12.8 Å². The number of halogens is 1. The van der Waals surface area contributed by atoms with Gasteiger partial charge in [0.15, 0.2) is 15.7 Å². The highest BCUT2D eigenvalue weighted by molar-refractivity contribution is 7.90. The molecule has 0 bridgehead atoms. The van der Waals surface area contributed by atoms with Crippen molar-refractivity contribution in [2.24, 2.45) is 0 Å². The maximum atomic E-state index is 14.5. The Hall–Kier alpha value is -5.28. The molecule has 2 aromatic carbocycles. The summed E-state index contributed by atoms with van der Waals surface area (Å²) < 4.78 is 40.0. The van der Waals surface area contributed by atoms with Crippen molar-refractivity contribution in [2.45, 2.75) is 17.9 Å². The van der Waals surface area contributed by atoms with Crippen LogP contribution in [-0.4, -0.2) is 29.0 Å². The van der Waals surface area contributed by atoms with E-state index in [0.29, 0.717) is 27.8 Å². The van der Waals surface area contributed by atoms with E-state index in [0.717, 1.165) is 12.5 Å². The molecule has 0 aliphatic carbocycles. The zero-order valence-corrected chi connectivity index (χ0v) is 22.8. The normalized spacial score (nSPS) is 12.1. The monoisotopic (exact) mass is 569 g/mol. The molecule has 0 aliphatic rings. The summed E-state index contributed by atoms with van der Waals surface area (Å²) in [6.07, 6.45) is 2.22. The van der Waals surface area contributed by atoms with E-state index in [1.165, 1.54) is 28.7 Å². The molecular weight excluding hydrogens is 545 g/mol. The Morgan fingerprint density at radius 2 is 1.63 bits per heavy atom. The second-order valence-electron chi connectivity index (χ2n) is 9.40. The van der Waals surface area contributed by atoms with Gasteiger partial charge in [0.2, 0.25) is 5.95 Å². The molecule has 0 aliphatic heterocycles. The van der Waals surface area contributed by atoms with Crippen LogP contribution in [0.4, 0.5) is 22.0 Å². The first-order chi connectivity index (χ1) is 19.5. The number of nitrogens with two attached hydrogens (primary N) is 2. The topological polar surface area (TPSA) is 169 Å². The second kappa shape index (κ2) is 10.4.